The molecule has 2 aromatic rings. The van der Waals surface area contributed by atoms with Gasteiger partial charge in [-0.05, 0) is 26.8 Å². The molecule has 0 spiro atoms. The van der Waals surface area contributed by atoms with Gasteiger partial charge in [0.15, 0.2) is 0 Å². The Morgan fingerprint density at radius 3 is 2.71 bits per heavy atom. The van der Waals surface area contributed by atoms with Crippen LogP contribution < -0.4 is 16.6 Å². The van der Waals surface area contributed by atoms with Crippen LogP contribution in [0.3, 0.4) is 0 Å². The topological polar surface area (TPSA) is 97.1 Å². The number of hydrogen-bond donors (Lipinski definition) is 2. The summed E-state index contributed by atoms with van der Waals surface area (Å²) in [7, 11) is 0. The van der Waals surface area contributed by atoms with Gasteiger partial charge < -0.3 is 9.73 Å². The van der Waals surface area contributed by atoms with E-state index < -0.39 is 11.2 Å². The Kier molecular flexibility index (Phi) is 4.11. The molecule has 2 rings (SSSR count). The van der Waals surface area contributed by atoms with Gasteiger partial charge in [-0.25, -0.2) is 4.79 Å². The van der Waals surface area contributed by atoms with E-state index in [1.54, 1.807) is 0 Å². The first-order valence-corrected chi connectivity index (χ1v) is 6.53. The molecule has 1 atom stereocenters. The van der Waals surface area contributed by atoms with Crippen LogP contribution >= 0.6 is 0 Å². The van der Waals surface area contributed by atoms with Crippen LogP contribution in [0.15, 0.2) is 32.3 Å². The number of rotatable bonds is 4. The molecule has 1 amide bonds. The molecular formula is C14H17N3O4. The summed E-state index contributed by atoms with van der Waals surface area (Å²) < 4.78 is 6.56. The van der Waals surface area contributed by atoms with Gasteiger partial charge in [-0.1, -0.05) is 0 Å². The predicted octanol–water partition coefficient (Wildman–Crippen LogP) is 0.624. The molecule has 0 saturated carbocycles. The SMILES string of the molecule is Cc1cc(C(C)NC(=O)Cn2ccc(=O)[nH]c2=O)c(C)o1. The molecule has 0 aromatic carbocycles. The Balaban J connectivity index is 2.06. The summed E-state index contributed by atoms with van der Waals surface area (Å²) >= 11 is 0. The summed E-state index contributed by atoms with van der Waals surface area (Å²) in [6, 6.07) is 2.84. The number of H-pyrrole nitrogens is 1. The second-order valence-corrected chi connectivity index (χ2v) is 4.90. The minimum absolute atomic E-state index is 0.157. The Labute approximate surface area is 120 Å². The Hall–Kier alpha value is -2.57. The van der Waals surface area contributed by atoms with E-state index in [2.05, 4.69) is 10.3 Å². The van der Waals surface area contributed by atoms with Crippen LogP contribution in [-0.4, -0.2) is 15.5 Å². The predicted molar refractivity (Wildman–Crippen MR) is 76.1 cm³/mol. The number of nitrogens with zero attached hydrogens (tertiary/aromatic N) is 1. The van der Waals surface area contributed by atoms with Crippen molar-refractivity contribution in [2.24, 2.45) is 0 Å². The lowest BCUT2D eigenvalue weighted by atomic mass is 10.1. The fourth-order valence-electron chi connectivity index (χ4n) is 2.17. The van der Waals surface area contributed by atoms with Crippen LogP contribution in [0.5, 0.6) is 0 Å². The van der Waals surface area contributed by atoms with Crippen molar-refractivity contribution >= 4 is 5.91 Å². The number of aromatic nitrogens is 2. The Morgan fingerprint density at radius 2 is 2.14 bits per heavy atom. The summed E-state index contributed by atoms with van der Waals surface area (Å²) in [5, 5.41) is 2.79. The lowest BCUT2D eigenvalue weighted by Crippen LogP contribution is -2.36. The number of carbonyl (C=O) groups excluding carboxylic acids is 1. The van der Waals surface area contributed by atoms with Crippen molar-refractivity contribution in [3.63, 3.8) is 0 Å². The highest BCUT2D eigenvalue weighted by Crippen LogP contribution is 2.20. The monoisotopic (exact) mass is 291 g/mol. The maximum atomic E-state index is 12.0. The lowest BCUT2D eigenvalue weighted by molar-refractivity contribution is -0.122. The first-order valence-electron chi connectivity index (χ1n) is 6.53. The summed E-state index contributed by atoms with van der Waals surface area (Å²) in [6.45, 7) is 5.35. The Morgan fingerprint density at radius 1 is 1.43 bits per heavy atom. The van der Waals surface area contributed by atoms with Crippen LogP contribution in [-0.2, 0) is 11.3 Å². The van der Waals surface area contributed by atoms with Crippen LogP contribution in [0, 0.1) is 13.8 Å². The van der Waals surface area contributed by atoms with Gasteiger partial charge in [0.25, 0.3) is 5.56 Å². The number of nitrogens with one attached hydrogen (secondary N) is 2. The normalized spacial score (nSPS) is 12.1. The molecule has 1 unspecified atom stereocenters. The van der Waals surface area contributed by atoms with E-state index in [1.807, 2.05) is 26.8 Å². The smallest absolute Gasteiger partial charge is 0.328 e. The van der Waals surface area contributed by atoms with Gasteiger partial charge in [0.2, 0.25) is 5.91 Å². The van der Waals surface area contributed by atoms with E-state index >= 15 is 0 Å². The molecule has 0 radical (unpaired) electrons. The molecule has 0 aliphatic rings. The molecule has 0 saturated heterocycles. The molecule has 112 valence electrons. The van der Waals surface area contributed by atoms with Gasteiger partial charge in [0, 0.05) is 17.8 Å². The van der Waals surface area contributed by atoms with Crippen molar-refractivity contribution in [1.29, 1.82) is 0 Å². The van der Waals surface area contributed by atoms with Gasteiger partial charge in [-0.2, -0.15) is 0 Å². The number of aryl methyl sites for hydroxylation is 2. The van der Waals surface area contributed by atoms with Crippen molar-refractivity contribution < 1.29 is 9.21 Å². The third kappa shape index (κ3) is 3.50. The van der Waals surface area contributed by atoms with E-state index in [0.717, 1.165) is 21.7 Å². The van der Waals surface area contributed by atoms with E-state index in [4.69, 9.17) is 4.42 Å². The number of aromatic amines is 1. The number of hydrogen-bond acceptors (Lipinski definition) is 4. The van der Waals surface area contributed by atoms with Crippen molar-refractivity contribution in [2.75, 3.05) is 0 Å². The van der Waals surface area contributed by atoms with Gasteiger partial charge in [0.05, 0.1) is 6.04 Å². The van der Waals surface area contributed by atoms with Gasteiger partial charge in [-0.3, -0.25) is 19.1 Å². The third-order valence-electron chi connectivity index (χ3n) is 3.13. The van der Waals surface area contributed by atoms with Crippen molar-refractivity contribution in [2.45, 2.75) is 33.4 Å². The average Bonchev–Trinajstić information content (AvgIpc) is 2.72. The molecule has 21 heavy (non-hydrogen) atoms. The highest BCUT2D eigenvalue weighted by atomic mass is 16.3. The van der Waals surface area contributed by atoms with Gasteiger partial charge in [-0.15, -0.1) is 0 Å². The fraction of sp³-hybridized carbons (Fsp3) is 0.357. The largest absolute Gasteiger partial charge is 0.466 e. The van der Waals surface area contributed by atoms with E-state index in [0.29, 0.717) is 0 Å². The zero-order chi connectivity index (χ0) is 15.6. The first-order chi connectivity index (χ1) is 9.86. The summed E-state index contributed by atoms with van der Waals surface area (Å²) in [5.74, 6) is 1.21. The van der Waals surface area contributed by atoms with Crippen molar-refractivity contribution in [1.82, 2.24) is 14.9 Å². The van der Waals surface area contributed by atoms with Crippen LogP contribution in [0.2, 0.25) is 0 Å². The molecule has 7 heteroatoms. The highest BCUT2D eigenvalue weighted by molar-refractivity contribution is 5.76. The lowest BCUT2D eigenvalue weighted by Gasteiger charge is -2.13. The minimum Gasteiger partial charge on any atom is -0.466 e. The molecule has 0 bridgehead atoms. The zero-order valence-corrected chi connectivity index (χ0v) is 12.1. The average molecular weight is 291 g/mol. The number of furan rings is 1. The molecular weight excluding hydrogens is 274 g/mol. The minimum atomic E-state index is -0.611. The zero-order valence-electron chi connectivity index (χ0n) is 12.1. The van der Waals surface area contributed by atoms with Crippen molar-refractivity contribution in [3.8, 4) is 0 Å². The molecule has 0 aliphatic carbocycles. The molecule has 0 aliphatic heterocycles. The summed E-state index contributed by atoms with van der Waals surface area (Å²) in [6.07, 6.45) is 1.29. The van der Waals surface area contributed by atoms with E-state index in [1.165, 1.54) is 12.3 Å². The van der Waals surface area contributed by atoms with Crippen molar-refractivity contribution in [3.05, 3.63) is 56.3 Å². The number of amides is 1. The van der Waals surface area contributed by atoms with Crippen LogP contribution in [0.1, 0.15) is 30.0 Å². The molecule has 0 fully saturated rings. The first kappa shape index (κ1) is 14.8. The summed E-state index contributed by atoms with van der Waals surface area (Å²) in [5.41, 5.74) is -0.204. The number of carbonyl (C=O) groups is 1. The summed E-state index contributed by atoms with van der Waals surface area (Å²) in [4.78, 5) is 36.5. The fourth-order valence-corrected chi connectivity index (χ4v) is 2.17. The van der Waals surface area contributed by atoms with Gasteiger partial charge in [0.1, 0.15) is 18.1 Å². The van der Waals surface area contributed by atoms with E-state index in [-0.39, 0.29) is 18.5 Å². The Bertz CT molecular complexity index is 769. The second-order valence-electron chi connectivity index (χ2n) is 4.90. The molecule has 2 aromatic heterocycles. The highest BCUT2D eigenvalue weighted by Gasteiger charge is 2.15. The quantitative estimate of drug-likeness (QED) is 0.863. The van der Waals surface area contributed by atoms with Crippen LogP contribution in [0.25, 0.3) is 0 Å². The standard InChI is InChI=1S/C14H17N3O4/c1-8-6-11(10(3)21-8)9(2)15-13(19)7-17-5-4-12(18)16-14(17)20/h4-6,9H,7H2,1-3H3,(H,15,19)(H,16,18,20). The van der Waals surface area contributed by atoms with Gasteiger partial charge >= 0.3 is 5.69 Å². The maximum absolute atomic E-state index is 12.0. The second kappa shape index (κ2) is 5.82. The van der Waals surface area contributed by atoms with Crippen LogP contribution in [0.4, 0.5) is 0 Å². The molecule has 2 N–H and O–H groups in total. The maximum Gasteiger partial charge on any atom is 0.328 e. The molecule has 7 nitrogen and oxygen atoms in total. The van der Waals surface area contributed by atoms with E-state index in [9.17, 15) is 14.4 Å². The molecule has 2 heterocycles. The third-order valence-corrected chi connectivity index (χ3v) is 3.13.